The van der Waals surface area contributed by atoms with Gasteiger partial charge in [0, 0.05) is 0 Å². The smallest absolute Gasteiger partial charge is 0.416 e. The number of aliphatic carboxylic acids is 1. The van der Waals surface area contributed by atoms with Crippen LogP contribution in [0.1, 0.15) is 34.1 Å². The minimum absolute atomic E-state index is 0.419. The molecule has 0 amide bonds. The van der Waals surface area contributed by atoms with Gasteiger partial charge in [0.05, 0.1) is 6.42 Å². The predicted molar refractivity (Wildman–Crippen MR) is 65.0 cm³/mol. The minimum atomic E-state index is -4.71. The first kappa shape index (κ1) is 17.4. The third-order valence-electron chi connectivity index (χ3n) is 3.37. The Balaban J connectivity index is 5.34. The van der Waals surface area contributed by atoms with Crippen molar-refractivity contribution in [1.29, 1.82) is 0 Å². The van der Waals surface area contributed by atoms with Gasteiger partial charge in [0.25, 0.3) is 0 Å². The van der Waals surface area contributed by atoms with Crippen LogP contribution in [0.4, 0.5) is 13.2 Å². The van der Waals surface area contributed by atoms with Crippen molar-refractivity contribution >= 4 is 14.3 Å². The van der Waals surface area contributed by atoms with E-state index in [0.29, 0.717) is 0 Å². The van der Waals surface area contributed by atoms with Gasteiger partial charge in [-0.2, -0.15) is 13.2 Å². The molecule has 0 fully saturated rings. The van der Waals surface area contributed by atoms with Crippen molar-refractivity contribution in [3.8, 4) is 0 Å². The van der Waals surface area contributed by atoms with E-state index in [-0.39, 0.29) is 0 Å². The summed E-state index contributed by atoms with van der Waals surface area (Å²) in [5.41, 5.74) is -2.64. The molecule has 18 heavy (non-hydrogen) atoms. The lowest BCUT2D eigenvalue weighted by atomic mass is 10.0. The molecule has 0 bridgehead atoms. The Morgan fingerprint density at radius 3 is 1.78 bits per heavy atom. The SMILES string of the molecule is CC(CC(=O)O)(O[Si](C)(C)C(C)(C)C)C(F)(F)F. The largest absolute Gasteiger partial charge is 0.481 e. The summed E-state index contributed by atoms with van der Waals surface area (Å²) < 4.78 is 44.3. The Labute approximate surface area is 106 Å². The van der Waals surface area contributed by atoms with Crippen LogP contribution in [0.15, 0.2) is 0 Å². The van der Waals surface area contributed by atoms with E-state index in [1.165, 1.54) is 0 Å². The normalized spacial score (nSPS) is 17.4. The molecule has 3 nitrogen and oxygen atoms in total. The number of carboxylic acids is 1. The molecular formula is C11H21F3O3Si. The highest BCUT2D eigenvalue weighted by atomic mass is 28.4. The molecular weight excluding hydrogens is 265 g/mol. The summed E-state index contributed by atoms with van der Waals surface area (Å²) >= 11 is 0. The molecule has 0 radical (unpaired) electrons. The van der Waals surface area contributed by atoms with Crippen molar-refractivity contribution in [3.05, 3.63) is 0 Å². The molecule has 0 heterocycles. The standard InChI is InChI=1S/C11H21F3O3Si/c1-9(2,3)18(5,6)17-10(4,7-8(15)16)11(12,13)14/h7H2,1-6H3,(H,15,16). The molecule has 0 aromatic heterocycles. The molecule has 1 N–H and O–H groups in total. The fourth-order valence-corrected chi connectivity index (χ4v) is 2.82. The van der Waals surface area contributed by atoms with Crippen LogP contribution in [-0.2, 0) is 9.22 Å². The van der Waals surface area contributed by atoms with Crippen LogP contribution in [0, 0.1) is 0 Å². The van der Waals surface area contributed by atoms with Crippen molar-refractivity contribution in [1.82, 2.24) is 0 Å². The van der Waals surface area contributed by atoms with Gasteiger partial charge in [-0.25, -0.2) is 0 Å². The second kappa shape index (κ2) is 4.84. The zero-order valence-electron chi connectivity index (χ0n) is 11.6. The van der Waals surface area contributed by atoms with Crippen LogP contribution in [0.5, 0.6) is 0 Å². The van der Waals surface area contributed by atoms with Gasteiger partial charge >= 0.3 is 12.1 Å². The second-order valence-electron chi connectivity index (χ2n) is 6.16. The zero-order chi connectivity index (χ0) is 15.0. The molecule has 7 heteroatoms. The number of halogens is 3. The highest BCUT2D eigenvalue weighted by molar-refractivity contribution is 6.74. The Bertz CT molecular complexity index is 320. The van der Waals surface area contributed by atoms with E-state index in [4.69, 9.17) is 9.53 Å². The van der Waals surface area contributed by atoms with Crippen LogP contribution < -0.4 is 0 Å². The quantitative estimate of drug-likeness (QED) is 0.799. The molecule has 0 rings (SSSR count). The zero-order valence-corrected chi connectivity index (χ0v) is 12.6. The lowest BCUT2D eigenvalue weighted by Crippen LogP contribution is -2.56. The molecule has 0 spiro atoms. The van der Waals surface area contributed by atoms with Crippen molar-refractivity contribution in [2.75, 3.05) is 0 Å². The molecule has 1 unspecified atom stereocenters. The van der Waals surface area contributed by atoms with Crippen LogP contribution >= 0.6 is 0 Å². The third kappa shape index (κ3) is 3.98. The van der Waals surface area contributed by atoms with Crippen LogP contribution in [0.25, 0.3) is 0 Å². The van der Waals surface area contributed by atoms with Gasteiger partial charge in [-0.05, 0) is 25.1 Å². The van der Waals surface area contributed by atoms with Gasteiger partial charge in [-0.1, -0.05) is 20.8 Å². The molecule has 0 aromatic carbocycles. The topological polar surface area (TPSA) is 46.5 Å². The molecule has 0 aliphatic rings. The third-order valence-corrected chi connectivity index (χ3v) is 7.95. The van der Waals surface area contributed by atoms with E-state index in [2.05, 4.69) is 0 Å². The lowest BCUT2D eigenvalue weighted by Gasteiger charge is -2.44. The number of hydrogen-bond acceptors (Lipinski definition) is 2. The summed E-state index contributed by atoms with van der Waals surface area (Å²) in [6.07, 6.45) is -5.79. The van der Waals surface area contributed by atoms with Gasteiger partial charge in [0.15, 0.2) is 13.9 Å². The summed E-state index contributed by atoms with van der Waals surface area (Å²) in [4.78, 5) is 10.6. The predicted octanol–water partition coefficient (Wildman–Crippen LogP) is 3.80. The van der Waals surface area contributed by atoms with Crippen LogP contribution in [0.2, 0.25) is 18.1 Å². The molecule has 0 aliphatic carbocycles. The minimum Gasteiger partial charge on any atom is -0.481 e. The van der Waals surface area contributed by atoms with E-state index < -0.39 is 37.5 Å². The number of alkyl halides is 3. The Kier molecular flexibility index (Phi) is 4.69. The monoisotopic (exact) mass is 286 g/mol. The van der Waals surface area contributed by atoms with Crippen molar-refractivity contribution in [2.24, 2.45) is 0 Å². The molecule has 0 aromatic rings. The average molecular weight is 286 g/mol. The highest BCUT2D eigenvalue weighted by Gasteiger charge is 2.57. The fourth-order valence-electron chi connectivity index (χ4n) is 1.20. The molecule has 0 aliphatic heterocycles. The maximum absolute atomic E-state index is 13.0. The summed E-state index contributed by atoms with van der Waals surface area (Å²) in [6, 6.07) is 0. The summed E-state index contributed by atoms with van der Waals surface area (Å²) in [6.45, 7) is 9.55. The second-order valence-corrected chi connectivity index (χ2v) is 10.9. The van der Waals surface area contributed by atoms with Crippen LogP contribution in [-0.4, -0.2) is 31.2 Å². The summed E-state index contributed by atoms with van der Waals surface area (Å²) in [5.74, 6) is -1.52. The molecule has 1 atom stereocenters. The van der Waals surface area contributed by atoms with E-state index in [0.717, 1.165) is 6.92 Å². The van der Waals surface area contributed by atoms with Crippen LogP contribution in [0.3, 0.4) is 0 Å². The number of carboxylic acid groups (broad SMARTS) is 1. The number of hydrogen-bond donors (Lipinski definition) is 1. The maximum atomic E-state index is 13.0. The van der Waals surface area contributed by atoms with E-state index in [1.54, 1.807) is 33.9 Å². The summed E-state index contributed by atoms with van der Waals surface area (Å²) in [7, 11) is -2.70. The maximum Gasteiger partial charge on any atom is 0.416 e. The Morgan fingerprint density at radius 1 is 1.17 bits per heavy atom. The average Bonchev–Trinajstić information content (AvgIpc) is 1.95. The van der Waals surface area contributed by atoms with Gasteiger partial charge in [-0.15, -0.1) is 0 Å². The van der Waals surface area contributed by atoms with Gasteiger partial charge in [0.1, 0.15) is 0 Å². The lowest BCUT2D eigenvalue weighted by molar-refractivity contribution is -0.248. The molecule has 0 saturated carbocycles. The van der Waals surface area contributed by atoms with E-state index in [1.807, 2.05) is 0 Å². The first-order chi connectivity index (χ1) is 7.62. The molecule has 0 saturated heterocycles. The summed E-state index contributed by atoms with van der Waals surface area (Å²) in [5, 5.41) is 8.23. The number of rotatable bonds is 4. The Morgan fingerprint density at radius 2 is 1.56 bits per heavy atom. The highest BCUT2D eigenvalue weighted by Crippen LogP contribution is 2.44. The van der Waals surface area contributed by atoms with Crippen molar-refractivity contribution in [2.45, 2.75) is 64.0 Å². The van der Waals surface area contributed by atoms with Crippen molar-refractivity contribution < 1.29 is 27.5 Å². The van der Waals surface area contributed by atoms with Gasteiger partial charge in [0.2, 0.25) is 0 Å². The molecule has 108 valence electrons. The van der Waals surface area contributed by atoms with E-state index in [9.17, 15) is 18.0 Å². The first-order valence-electron chi connectivity index (χ1n) is 5.61. The van der Waals surface area contributed by atoms with E-state index >= 15 is 0 Å². The first-order valence-corrected chi connectivity index (χ1v) is 8.52. The fraction of sp³-hybridized carbons (Fsp3) is 0.909. The van der Waals surface area contributed by atoms with Crippen molar-refractivity contribution in [3.63, 3.8) is 0 Å². The number of carbonyl (C=O) groups is 1. The Hall–Kier alpha value is -0.563. The van der Waals surface area contributed by atoms with Gasteiger partial charge < -0.3 is 9.53 Å². The van der Waals surface area contributed by atoms with Gasteiger partial charge in [-0.3, -0.25) is 4.79 Å².